The van der Waals surface area contributed by atoms with Crippen molar-refractivity contribution >= 4 is 11.6 Å². The van der Waals surface area contributed by atoms with Crippen molar-refractivity contribution in [2.45, 2.75) is 19.8 Å². The molecule has 84 valence electrons. The van der Waals surface area contributed by atoms with Crippen molar-refractivity contribution in [1.82, 2.24) is 0 Å². The molecule has 0 fully saturated rings. The van der Waals surface area contributed by atoms with Gasteiger partial charge in [0, 0.05) is 16.7 Å². The number of ether oxygens (including phenoxy) is 2. The third-order valence-electron chi connectivity index (χ3n) is 2.60. The van der Waals surface area contributed by atoms with Crippen LogP contribution >= 0.6 is 11.6 Å². The summed E-state index contributed by atoms with van der Waals surface area (Å²) in [6.45, 7) is 3.11. The number of halogens is 1. The second kappa shape index (κ2) is 4.63. The molecule has 1 aliphatic rings. The zero-order chi connectivity index (χ0) is 11.5. The van der Waals surface area contributed by atoms with E-state index in [2.05, 4.69) is 6.07 Å². The molecule has 16 heavy (non-hydrogen) atoms. The number of fused-ring (bicyclic) bond motifs is 1. The van der Waals surface area contributed by atoms with Gasteiger partial charge < -0.3 is 9.47 Å². The second-order valence-electron chi connectivity index (χ2n) is 3.53. The summed E-state index contributed by atoms with van der Waals surface area (Å²) in [7, 11) is 0. The summed E-state index contributed by atoms with van der Waals surface area (Å²) >= 11 is 6.14. The summed E-state index contributed by atoms with van der Waals surface area (Å²) in [6.07, 6.45) is 1.09. The van der Waals surface area contributed by atoms with Gasteiger partial charge in [-0.2, -0.15) is 5.26 Å². The van der Waals surface area contributed by atoms with Crippen LogP contribution in [0, 0.1) is 11.3 Å². The van der Waals surface area contributed by atoms with Crippen LogP contribution in [-0.2, 0) is 12.8 Å². The van der Waals surface area contributed by atoms with Gasteiger partial charge in [-0.3, -0.25) is 0 Å². The Labute approximate surface area is 99.5 Å². The Morgan fingerprint density at radius 1 is 1.38 bits per heavy atom. The largest absolute Gasteiger partial charge is 0.486 e. The standard InChI is InChI=1S/C12H12ClNO2/c1-2-8-9(3-4-14)10(13)7-11-12(8)16-6-5-15-11/h7H,2-3,5-6H2,1H3. The van der Waals surface area contributed by atoms with Crippen LogP contribution in [-0.4, -0.2) is 13.2 Å². The SMILES string of the molecule is CCc1c(CC#N)c(Cl)cc2c1OCCO2. The van der Waals surface area contributed by atoms with Crippen LogP contribution in [0.15, 0.2) is 6.07 Å². The number of rotatable bonds is 2. The Bertz CT molecular complexity index is 451. The number of hydrogen-bond donors (Lipinski definition) is 0. The summed E-state index contributed by atoms with van der Waals surface area (Å²) in [5, 5.41) is 9.37. The topological polar surface area (TPSA) is 42.2 Å². The van der Waals surface area contributed by atoms with Gasteiger partial charge in [0.1, 0.15) is 13.2 Å². The van der Waals surface area contributed by atoms with E-state index in [0.717, 1.165) is 23.3 Å². The predicted molar refractivity (Wildman–Crippen MR) is 61.1 cm³/mol. The third kappa shape index (κ3) is 1.81. The Morgan fingerprint density at radius 3 is 2.81 bits per heavy atom. The smallest absolute Gasteiger partial charge is 0.164 e. The van der Waals surface area contributed by atoms with Crippen LogP contribution in [0.2, 0.25) is 5.02 Å². The molecule has 0 unspecified atom stereocenters. The van der Waals surface area contributed by atoms with E-state index in [1.165, 1.54) is 0 Å². The Morgan fingerprint density at radius 2 is 2.12 bits per heavy atom. The van der Waals surface area contributed by atoms with E-state index < -0.39 is 0 Å². The molecule has 1 aromatic carbocycles. The van der Waals surface area contributed by atoms with Gasteiger partial charge >= 0.3 is 0 Å². The Hall–Kier alpha value is -1.40. The molecule has 0 aliphatic carbocycles. The van der Waals surface area contributed by atoms with E-state index in [1.807, 2.05) is 6.92 Å². The van der Waals surface area contributed by atoms with Gasteiger partial charge in [-0.15, -0.1) is 0 Å². The highest BCUT2D eigenvalue weighted by Gasteiger charge is 2.20. The molecule has 1 aromatic rings. The highest BCUT2D eigenvalue weighted by molar-refractivity contribution is 6.31. The van der Waals surface area contributed by atoms with E-state index in [1.54, 1.807) is 6.07 Å². The van der Waals surface area contributed by atoms with E-state index in [0.29, 0.717) is 30.4 Å². The molecule has 0 bridgehead atoms. The quantitative estimate of drug-likeness (QED) is 0.794. The van der Waals surface area contributed by atoms with Gasteiger partial charge in [0.15, 0.2) is 11.5 Å². The van der Waals surface area contributed by atoms with Crippen LogP contribution in [0.5, 0.6) is 11.5 Å². The Kier molecular flexibility index (Phi) is 3.21. The minimum absolute atomic E-state index is 0.304. The molecular weight excluding hydrogens is 226 g/mol. The highest BCUT2D eigenvalue weighted by atomic mass is 35.5. The molecule has 0 amide bonds. The number of benzene rings is 1. The molecular formula is C12H12ClNO2. The van der Waals surface area contributed by atoms with Gasteiger partial charge in [-0.05, 0) is 12.0 Å². The molecule has 4 heteroatoms. The van der Waals surface area contributed by atoms with Crippen molar-refractivity contribution < 1.29 is 9.47 Å². The van der Waals surface area contributed by atoms with Crippen LogP contribution in [0.25, 0.3) is 0 Å². The Balaban J connectivity index is 2.58. The first-order valence-electron chi connectivity index (χ1n) is 5.24. The number of nitriles is 1. The highest BCUT2D eigenvalue weighted by Crippen LogP contribution is 2.40. The van der Waals surface area contributed by atoms with E-state index in [-0.39, 0.29) is 0 Å². The average Bonchev–Trinajstić information content (AvgIpc) is 2.30. The fourth-order valence-corrected chi connectivity index (χ4v) is 2.18. The molecule has 0 atom stereocenters. The van der Waals surface area contributed by atoms with Gasteiger partial charge in [0.05, 0.1) is 12.5 Å². The normalized spacial score (nSPS) is 13.3. The van der Waals surface area contributed by atoms with Gasteiger partial charge in [-0.1, -0.05) is 18.5 Å². The van der Waals surface area contributed by atoms with Crippen molar-refractivity contribution in [3.05, 3.63) is 22.2 Å². The first-order valence-corrected chi connectivity index (χ1v) is 5.62. The summed E-state index contributed by atoms with van der Waals surface area (Å²) in [4.78, 5) is 0. The third-order valence-corrected chi connectivity index (χ3v) is 2.94. The molecule has 0 saturated heterocycles. The van der Waals surface area contributed by atoms with Crippen molar-refractivity contribution in [3.8, 4) is 17.6 Å². The number of nitrogens with zero attached hydrogens (tertiary/aromatic N) is 1. The summed E-state index contributed by atoms with van der Waals surface area (Å²) in [6, 6.07) is 3.86. The lowest BCUT2D eigenvalue weighted by molar-refractivity contribution is 0.170. The summed E-state index contributed by atoms with van der Waals surface area (Å²) in [5.74, 6) is 1.44. The molecule has 0 aromatic heterocycles. The lowest BCUT2D eigenvalue weighted by Crippen LogP contribution is -2.17. The predicted octanol–water partition coefficient (Wildman–Crippen LogP) is 2.74. The zero-order valence-electron chi connectivity index (χ0n) is 9.05. The van der Waals surface area contributed by atoms with Crippen molar-refractivity contribution in [2.24, 2.45) is 0 Å². The minimum atomic E-state index is 0.304. The molecule has 2 rings (SSSR count). The minimum Gasteiger partial charge on any atom is -0.486 e. The van der Waals surface area contributed by atoms with Gasteiger partial charge in [0.2, 0.25) is 0 Å². The molecule has 0 N–H and O–H groups in total. The number of hydrogen-bond acceptors (Lipinski definition) is 3. The van der Waals surface area contributed by atoms with Crippen molar-refractivity contribution in [3.63, 3.8) is 0 Å². The van der Waals surface area contributed by atoms with Gasteiger partial charge in [0.25, 0.3) is 0 Å². The lowest BCUT2D eigenvalue weighted by Gasteiger charge is -2.23. The molecule has 1 aliphatic heterocycles. The lowest BCUT2D eigenvalue weighted by atomic mass is 10.0. The maximum absolute atomic E-state index is 8.79. The average molecular weight is 238 g/mol. The van der Waals surface area contributed by atoms with E-state index in [9.17, 15) is 0 Å². The van der Waals surface area contributed by atoms with Crippen LogP contribution in [0.3, 0.4) is 0 Å². The summed E-state index contributed by atoms with van der Waals surface area (Å²) in [5.41, 5.74) is 1.85. The first kappa shape index (κ1) is 11.1. The van der Waals surface area contributed by atoms with Crippen LogP contribution in [0.1, 0.15) is 18.1 Å². The fraction of sp³-hybridized carbons (Fsp3) is 0.417. The molecule has 1 heterocycles. The van der Waals surface area contributed by atoms with Crippen LogP contribution < -0.4 is 9.47 Å². The van der Waals surface area contributed by atoms with E-state index >= 15 is 0 Å². The van der Waals surface area contributed by atoms with Crippen molar-refractivity contribution in [1.29, 1.82) is 5.26 Å². The summed E-state index contributed by atoms with van der Waals surface area (Å²) < 4.78 is 11.1. The molecule has 0 saturated carbocycles. The van der Waals surface area contributed by atoms with Crippen molar-refractivity contribution in [2.75, 3.05) is 13.2 Å². The van der Waals surface area contributed by atoms with E-state index in [4.69, 9.17) is 26.3 Å². The molecule has 0 spiro atoms. The monoisotopic (exact) mass is 237 g/mol. The zero-order valence-corrected chi connectivity index (χ0v) is 9.80. The maximum atomic E-state index is 8.79. The maximum Gasteiger partial charge on any atom is 0.164 e. The second-order valence-corrected chi connectivity index (χ2v) is 3.94. The van der Waals surface area contributed by atoms with Gasteiger partial charge in [-0.25, -0.2) is 0 Å². The first-order chi connectivity index (χ1) is 7.77. The van der Waals surface area contributed by atoms with Crippen LogP contribution in [0.4, 0.5) is 0 Å². The molecule has 3 nitrogen and oxygen atoms in total. The molecule has 0 radical (unpaired) electrons. The fourth-order valence-electron chi connectivity index (χ4n) is 1.90.